The molecule has 1 N–H and O–H groups in total. The largest absolute Gasteiger partial charge is 0.376 e. The topological polar surface area (TPSA) is 38.3 Å². The average molecular weight is 398 g/mol. The quantitative estimate of drug-likeness (QED) is 0.343. The summed E-state index contributed by atoms with van der Waals surface area (Å²) in [5.74, 6) is 0.538. The molecule has 2 unspecified atom stereocenters. The van der Waals surface area contributed by atoms with Crippen LogP contribution in [0.4, 0.5) is 0 Å². The van der Waals surface area contributed by atoms with Gasteiger partial charge in [0.15, 0.2) is 0 Å². The number of nitrogens with one attached hydrogen (secondary N) is 1. The first-order chi connectivity index (χ1) is 12.7. The molecule has 0 saturated heterocycles. The van der Waals surface area contributed by atoms with Crippen molar-refractivity contribution in [2.45, 2.75) is 120 Å². The van der Waals surface area contributed by atoms with Crippen LogP contribution >= 0.6 is 0 Å². The molecule has 0 radical (unpaired) electrons. The van der Waals surface area contributed by atoms with E-state index in [-0.39, 0.29) is 22.3 Å². The number of hydrogen-bond acceptors (Lipinski definition) is 2. The maximum atomic E-state index is 12.7. The third kappa shape index (κ3) is 8.84. The van der Waals surface area contributed by atoms with Crippen molar-refractivity contribution in [1.82, 2.24) is 5.32 Å². The van der Waals surface area contributed by atoms with E-state index in [1.807, 2.05) is 0 Å². The van der Waals surface area contributed by atoms with Crippen LogP contribution in [0.2, 0.25) is 0 Å². The van der Waals surface area contributed by atoms with Gasteiger partial charge in [-0.05, 0) is 56.3 Å². The maximum absolute atomic E-state index is 12.7. The molecule has 2 atom stereocenters. The van der Waals surface area contributed by atoms with Gasteiger partial charge in [0, 0.05) is 18.6 Å². The van der Waals surface area contributed by atoms with Crippen molar-refractivity contribution >= 4 is 5.91 Å². The summed E-state index contributed by atoms with van der Waals surface area (Å²) in [6.07, 6.45) is 6.23. The Balaban J connectivity index is 4.71. The first-order valence-electron chi connectivity index (χ1n) is 11.6. The predicted molar refractivity (Wildman–Crippen MR) is 123 cm³/mol. The highest BCUT2D eigenvalue weighted by Crippen LogP contribution is 2.37. The standard InChI is InChI=1S/C25H51NO2/c1-12-22(6,7)16-18-28-23(8,9)19-24(10,13-2)15-17-26-21(27)25(11,14-3)20(4)5/h20H,12-19H2,1-11H3,(H,26,27). The van der Waals surface area contributed by atoms with Crippen molar-refractivity contribution in [3.05, 3.63) is 0 Å². The Hall–Kier alpha value is -0.570. The van der Waals surface area contributed by atoms with Crippen molar-refractivity contribution in [3.8, 4) is 0 Å². The summed E-state index contributed by atoms with van der Waals surface area (Å²) >= 11 is 0. The lowest BCUT2D eigenvalue weighted by Crippen LogP contribution is -2.43. The number of rotatable bonds is 14. The van der Waals surface area contributed by atoms with Crippen molar-refractivity contribution in [2.75, 3.05) is 13.2 Å². The van der Waals surface area contributed by atoms with Crippen molar-refractivity contribution in [1.29, 1.82) is 0 Å². The second-order valence-electron chi connectivity index (χ2n) is 11.1. The van der Waals surface area contributed by atoms with Gasteiger partial charge < -0.3 is 10.1 Å². The summed E-state index contributed by atoms with van der Waals surface area (Å²) in [4.78, 5) is 12.7. The molecule has 3 heteroatoms. The van der Waals surface area contributed by atoms with Crippen LogP contribution in [0.15, 0.2) is 0 Å². The SMILES string of the molecule is CCC(C)(C)CCOC(C)(C)CC(C)(CC)CCNC(=O)C(C)(CC)C(C)C. The second kappa shape index (κ2) is 11.0. The van der Waals surface area contributed by atoms with Crippen LogP contribution in [0.1, 0.15) is 115 Å². The molecule has 0 rings (SSSR count). The fourth-order valence-corrected chi connectivity index (χ4v) is 3.76. The molecule has 0 aromatic carbocycles. The van der Waals surface area contributed by atoms with Gasteiger partial charge in [-0.15, -0.1) is 0 Å². The number of carbonyl (C=O) groups is 1. The molecular formula is C25H51NO2. The van der Waals surface area contributed by atoms with Gasteiger partial charge in [0.05, 0.1) is 5.60 Å². The molecule has 0 aliphatic carbocycles. The molecule has 28 heavy (non-hydrogen) atoms. The number of hydrogen-bond donors (Lipinski definition) is 1. The highest BCUT2D eigenvalue weighted by atomic mass is 16.5. The molecule has 0 heterocycles. The smallest absolute Gasteiger partial charge is 0.226 e. The normalized spacial score (nSPS) is 17.3. The zero-order valence-electron chi connectivity index (χ0n) is 21.1. The minimum atomic E-state index is -0.281. The maximum Gasteiger partial charge on any atom is 0.226 e. The van der Waals surface area contributed by atoms with Crippen molar-refractivity contribution in [2.24, 2.45) is 22.2 Å². The summed E-state index contributed by atoms with van der Waals surface area (Å²) < 4.78 is 6.31. The molecular weight excluding hydrogens is 346 g/mol. The first kappa shape index (κ1) is 27.4. The van der Waals surface area contributed by atoms with Crippen LogP contribution in [-0.4, -0.2) is 24.7 Å². The molecule has 0 spiro atoms. The summed E-state index contributed by atoms with van der Waals surface area (Å²) in [5, 5.41) is 3.22. The van der Waals surface area contributed by atoms with E-state index >= 15 is 0 Å². The van der Waals surface area contributed by atoms with Crippen LogP contribution in [0.25, 0.3) is 0 Å². The Kier molecular flexibility index (Phi) is 10.8. The molecule has 0 bridgehead atoms. The fourth-order valence-electron chi connectivity index (χ4n) is 3.76. The van der Waals surface area contributed by atoms with E-state index < -0.39 is 0 Å². The van der Waals surface area contributed by atoms with Gasteiger partial charge in [-0.3, -0.25) is 4.79 Å². The van der Waals surface area contributed by atoms with Gasteiger partial charge in [0.25, 0.3) is 0 Å². The van der Waals surface area contributed by atoms with E-state index in [1.54, 1.807) is 0 Å². The van der Waals surface area contributed by atoms with E-state index in [0.29, 0.717) is 11.3 Å². The van der Waals surface area contributed by atoms with Gasteiger partial charge in [-0.2, -0.15) is 0 Å². The molecule has 0 aliphatic rings. The highest BCUT2D eigenvalue weighted by molar-refractivity contribution is 5.82. The lowest BCUT2D eigenvalue weighted by atomic mass is 9.74. The summed E-state index contributed by atoms with van der Waals surface area (Å²) in [7, 11) is 0. The first-order valence-corrected chi connectivity index (χ1v) is 11.6. The Morgan fingerprint density at radius 3 is 1.89 bits per heavy atom. The summed E-state index contributed by atoms with van der Waals surface area (Å²) in [6.45, 7) is 25.9. The Bertz CT molecular complexity index is 469. The molecule has 168 valence electrons. The Morgan fingerprint density at radius 1 is 0.893 bits per heavy atom. The lowest BCUT2D eigenvalue weighted by molar-refractivity contribution is -0.132. The van der Waals surface area contributed by atoms with Crippen LogP contribution in [0, 0.1) is 22.2 Å². The molecule has 3 nitrogen and oxygen atoms in total. The Labute approximate surface area is 176 Å². The lowest BCUT2D eigenvalue weighted by Gasteiger charge is -2.38. The van der Waals surface area contributed by atoms with Gasteiger partial charge in [0.1, 0.15) is 0 Å². The van der Waals surface area contributed by atoms with E-state index in [4.69, 9.17) is 4.74 Å². The number of amides is 1. The summed E-state index contributed by atoms with van der Waals surface area (Å²) in [5.41, 5.74) is 0.0831. The predicted octanol–water partition coefficient (Wildman–Crippen LogP) is 6.99. The van der Waals surface area contributed by atoms with Crippen LogP contribution in [0.5, 0.6) is 0 Å². The zero-order chi connectivity index (χ0) is 22.2. The summed E-state index contributed by atoms with van der Waals surface area (Å²) in [6, 6.07) is 0. The zero-order valence-corrected chi connectivity index (χ0v) is 21.1. The average Bonchev–Trinajstić information content (AvgIpc) is 2.59. The third-order valence-corrected chi connectivity index (χ3v) is 7.48. The number of carbonyl (C=O) groups excluding carboxylic acids is 1. The fraction of sp³-hybridized carbons (Fsp3) is 0.960. The van der Waals surface area contributed by atoms with E-state index in [1.165, 1.54) is 6.42 Å². The monoisotopic (exact) mass is 397 g/mol. The van der Waals surface area contributed by atoms with Crippen LogP contribution in [0.3, 0.4) is 0 Å². The van der Waals surface area contributed by atoms with Crippen LogP contribution in [-0.2, 0) is 9.53 Å². The van der Waals surface area contributed by atoms with E-state index in [2.05, 4.69) is 81.5 Å². The van der Waals surface area contributed by atoms with Crippen molar-refractivity contribution in [3.63, 3.8) is 0 Å². The van der Waals surface area contributed by atoms with Crippen LogP contribution < -0.4 is 5.32 Å². The molecule has 0 fully saturated rings. The molecule has 0 saturated carbocycles. The van der Waals surface area contributed by atoms with E-state index in [9.17, 15) is 4.79 Å². The van der Waals surface area contributed by atoms with Gasteiger partial charge in [0.2, 0.25) is 5.91 Å². The molecule has 0 aromatic heterocycles. The van der Waals surface area contributed by atoms with Gasteiger partial charge in [-0.1, -0.05) is 75.2 Å². The molecule has 0 aliphatic heterocycles. The minimum absolute atomic E-state index is 0.144. The van der Waals surface area contributed by atoms with Gasteiger partial charge >= 0.3 is 0 Å². The van der Waals surface area contributed by atoms with E-state index in [0.717, 1.165) is 45.3 Å². The minimum Gasteiger partial charge on any atom is -0.376 e. The molecule has 1 amide bonds. The molecule has 0 aromatic rings. The van der Waals surface area contributed by atoms with Crippen molar-refractivity contribution < 1.29 is 9.53 Å². The third-order valence-electron chi connectivity index (χ3n) is 7.48. The van der Waals surface area contributed by atoms with Gasteiger partial charge in [-0.25, -0.2) is 0 Å². The second-order valence-corrected chi connectivity index (χ2v) is 11.1. The number of ether oxygens (including phenoxy) is 1. The highest BCUT2D eigenvalue weighted by Gasteiger charge is 2.36. The Morgan fingerprint density at radius 2 is 1.46 bits per heavy atom.